The number of hydrazone groups is 1. The van der Waals surface area contributed by atoms with E-state index in [0.717, 1.165) is 15.6 Å². The normalized spacial score (nSPS) is 20.8. The summed E-state index contributed by atoms with van der Waals surface area (Å²) in [6, 6.07) is 17.4. The van der Waals surface area contributed by atoms with Crippen molar-refractivity contribution < 1.29 is 14.3 Å². The summed E-state index contributed by atoms with van der Waals surface area (Å²) in [6.45, 7) is 6.09. The van der Waals surface area contributed by atoms with Crippen LogP contribution in [-0.4, -0.2) is 28.1 Å². The topological polar surface area (TPSA) is 59.0 Å². The van der Waals surface area contributed by atoms with E-state index in [1.165, 1.54) is 0 Å². The van der Waals surface area contributed by atoms with Crippen LogP contribution in [0, 0.1) is 5.41 Å². The lowest BCUT2D eigenvalue weighted by Gasteiger charge is -2.31. The van der Waals surface area contributed by atoms with Gasteiger partial charge in [0.1, 0.15) is 12.0 Å². The highest BCUT2D eigenvalue weighted by Gasteiger charge is 2.56. The first kappa shape index (κ1) is 21.5. The second kappa shape index (κ2) is 8.08. The van der Waals surface area contributed by atoms with E-state index in [0.29, 0.717) is 17.7 Å². The smallest absolute Gasteiger partial charge is 0.334 e. The first-order chi connectivity index (χ1) is 14.7. The van der Waals surface area contributed by atoms with Crippen molar-refractivity contribution in [2.24, 2.45) is 10.5 Å². The van der Waals surface area contributed by atoms with Crippen LogP contribution in [0.5, 0.6) is 0 Å². The van der Waals surface area contributed by atoms with E-state index in [1.54, 1.807) is 5.01 Å². The third-order valence-corrected chi connectivity index (χ3v) is 6.15. The van der Waals surface area contributed by atoms with Crippen LogP contribution in [0.1, 0.15) is 44.7 Å². The largest absolute Gasteiger partial charge is 0.457 e. The highest BCUT2D eigenvalue weighted by Crippen LogP contribution is 2.48. The fraction of sp³-hybridized carbons (Fsp3) is 0.320. The van der Waals surface area contributed by atoms with Crippen molar-refractivity contribution in [1.29, 1.82) is 0 Å². The molecule has 1 aliphatic carbocycles. The molecule has 0 aromatic heterocycles. The van der Waals surface area contributed by atoms with Gasteiger partial charge < -0.3 is 4.74 Å². The van der Waals surface area contributed by atoms with Crippen molar-refractivity contribution in [2.45, 2.75) is 45.8 Å². The number of carbonyl (C=O) groups excluding carboxylic acids is 2. The molecule has 1 aliphatic heterocycles. The van der Waals surface area contributed by atoms with Gasteiger partial charge in [0, 0.05) is 10.0 Å². The van der Waals surface area contributed by atoms with Gasteiger partial charge in [-0.3, -0.25) is 4.79 Å². The number of rotatable bonds is 4. The molecular weight excluding hydrogens is 456 g/mol. The number of ether oxygens (including phenoxy) is 1. The van der Waals surface area contributed by atoms with Crippen LogP contribution < -0.4 is 0 Å². The summed E-state index contributed by atoms with van der Waals surface area (Å²) in [4.78, 5) is 26.4. The van der Waals surface area contributed by atoms with Crippen molar-refractivity contribution in [1.82, 2.24) is 5.01 Å². The molecule has 0 N–H and O–H groups in total. The van der Waals surface area contributed by atoms with Crippen LogP contribution in [0.25, 0.3) is 0 Å². The van der Waals surface area contributed by atoms with Gasteiger partial charge in [0.05, 0.1) is 11.3 Å². The molecule has 0 bridgehead atoms. The lowest BCUT2D eigenvalue weighted by Crippen LogP contribution is -2.45. The summed E-state index contributed by atoms with van der Waals surface area (Å²) in [5, 5.41) is 6.33. The number of amides is 1. The highest BCUT2D eigenvalue weighted by molar-refractivity contribution is 9.10. The maximum atomic E-state index is 13.6. The van der Waals surface area contributed by atoms with Crippen LogP contribution >= 0.6 is 15.9 Å². The number of benzene rings is 2. The summed E-state index contributed by atoms with van der Waals surface area (Å²) in [7, 11) is 0. The fourth-order valence-electron chi connectivity index (χ4n) is 4.05. The second-order valence-corrected chi connectivity index (χ2v) is 9.92. The quantitative estimate of drug-likeness (QED) is 0.561. The number of esters is 1. The van der Waals surface area contributed by atoms with Crippen LogP contribution in [0.3, 0.4) is 0 Å². The van der Waals surface area contributed by atoms with E-state index in [9.17, 15) is 9.59 Å². The monoisotopic (exact) mass is 480 g/mol. The highest BCUT2D eigenvalue weighted by atomic mass is 79.9. The van der Waals surface area contributed by atoms with Gasteiger partial charge in [-0.2, -0.15) is 5.10 Å². The Morgan fingerprint density at radius 2 is 1.90 bits per heavy atom. The zero-order valence-electron chi connectivity index (χ0n) is 17.9. The predicted octanol–water partition coefficient (Wildman–Crippen LogP) is 5.24. The molecule has 0 saturated carbocycles. The Balaban J connectivity index is 1.60. The van der Waals surface area contributed by atoms with E-state index >= 15 is 0 Å². The summed E-state index contributed by atoms with van der Waals surface area (Å²) in [5.41, 5.74) is 1.69. The van der Waals surface area contributed by atoms with Crippen LogP contribution in [-0.2, 0) is 20.9 Å². The molecule has 0 fully saturated rings. The summed E-state index contributed by atoms with van der Waals surface area (Å²) in [6.07, 6.45) is 2.56. The van der Waals surface area contributed by atoms with Gasteiger partial charge in [-0.05, 0) is 56.9 Å². The molecule has 0 unspecified atom stereocenters. The van der Waals surface area contributed by atoms with E-state index in [2.05, 4.69) is 15.9 Å². The molecular formula is C25H25BrN2O3. The molecule has 1 spiro atoms. The number of nitrogens with zero attached hydrogens (tertiary/aromatic N) is 2. The van der Waals surface area contributed by atoms with Crippen LogP contribution in [0.2, 0.25) is 0 Å². The van der Waals surface area contributed by atoms with Crippen molar-refractivity contribution in [3.63, 3.8) is 0 Å². The first-order valence-electron chi connectivity index (χ1n) is 10.3. The van der Waals surface area contributed by atoms with E-state index in [-0.39, 0.29) is 24.9 Å². The molecule has 31 heavy (non-hydrogen) atoms. The lowest BCUT2D eigenvalue weighted by atomic mass is 9.76. The van der Waals surface area contributed by atoms with Crippen molar-refractivity contribution in [3.05, 3.63) is 81.8 Å². The summed E-state index contributed by atoms with van der Waals surface area (Å²) < 4.78 is 6.44. The Morgan fingerprint density at radius 1 is 1.16 bits per heavy atom. The molecule has 6 heteroatoms. The summed E-state index contributed by atoms with van der Waals surface area (Å²) >= 11 is 3.51. The van der Waals surface area contributed by atoms with Gasteiger partial charge in [0.2, 0.25) is 0 Å². The molecule has 0 saturated heterocycles. The SMILES string of the molecule is CC(C)(C)N1N=C(c2cccc(Br)c2)[C@]2(CC=C(C(=O)OCc3ccccc3)C2)C1=O. The molecule has 1 heterocycles. The Morgan fingerprint density at radius 3 is 2.58 bits per heavy atom. The van der Waals surface area contributed by atoms with Crippen molar-refractivity contribution >= 4 is 33.5 Å². The maximum Gasteiger partial charge on any atom is 0.334 e. The van der Waals surface area contributed by atoms with Gasteiger partial charge in [-0.1, -0.05) is 64.5 Å². The van der Waals surface area contributed by atoms with Gasteiger partial charge in [0.15, 0.2) is 0 Å². The number of hydrogen-bond donors (Lipinski definition) is 0. The van der Waals surface area contributed by atoms with Crippen molar-refractivity contribution in [2.75, 3.05) is 0 Å². The van der Waals surface area contributed by atoms with E-state index < -0.39 is 11.0 Å². The standard InChI is InChI=1S/C25H25BrN2O3/c1-24(2,3)28-23(30)25(21(27-28)18-10-7-11-20(26)14-18)13-12-19(15-25)22(29)31-16-17-8-5-4-6-9-17/h4-12,14H,13,15-16H2,1-3H3/t25-/m1/s1. The molecule has 1 atom stereocenters. The van der Waals surface area contributed by atoms with Crippen LogP contribution in [0.15, 0.2) is 75.8 Å². The minimum atomic E-state index is -0.880. The van der Waals surface area contributed by atoms with Gasteiger partial charge in [0.25, 0.3) is 5.91 Å². The van der Waals surface area contributed by atoms with Crippen LogP contribution in [0.4, 0.5) is 0 Å². The zero-order chi connectivity index (χ0) is 22.2. The average molecular weight is 481 g/mol. The predicted molar refractivity (Wildman–Crippen MR) is 123 cm³/mol. The first-order valence-corrected chi connectivity index (χ1v) is 11.1. The molecule has 160 valence electrons. The third kappa shape index (κ3) is 4.09. The van der Waals surface area contributed by atoms with E-state index in [4.69, 9.17) is 9.84 Å². The molecule has 2 aliphatic rings. The number of halogens is 1. The molecule has 4 rings (SSSR count). The lowest BCUT2D eigenvalue weighted by molar-refractivity contribution is -0.141. The fourth-order valence-corrected chi connectivity index (χ4v) is 4.45. The molecule has 2 aromatic carbocycles. The summed E-state index contributed by atoms with van der Waals surface area (Å²) in [5.74, 6) is -0.451. The number of hydrogen-bond acceptors (Lipinski definition) is 4. The Labute approximate surface area is 190 Å². The zero-order valence-corrected chi connectivity index (χ0v) is 19.5. The maximum absolute atomic E-state index is 13.6. The third-order valence-electron chi connectivity index (χ3n) is 5.65. The Bertz CT molecular complexity index is 1090. The number of carbonyl (C=O) groups is 2. The minimum absolute atomic E-state index is 0.0721. The molecule has 2 aromatic rings. The minimum Gasteiger partial charge on any atom is -0.457 e. The van der Waals surface area contributed by atoms with Crippen molar-refractivity contribution in [3.8, 4) is 0 Å². The Kier molecular flexibility index (Phi) is 5.60. The molecule has 5 nitrogen and oxygen atoms in total. The van der Waals surface area contributed by atoms with Gasteiger partial charge in [-0.15, -0.1) is 0 Å². The average Bonchev–Trinajstić information content (AvgIpc) is 3.30. The second-order valence-electron chi connectivity index (χ2n) is 9.00. The van der Waals surface area contributed by atoms with Gasteiger partial charge in [-0.25, -0.2) is 9.80 Å². The number of allylic oxidation sites excluding steroid dienone is 1. The van der Waals surface area contributed by atoms with E-state index in [1.807, 2.05) is 81.4 Å². The Hall–Kier alpha value is -2.73. The van der Waals surface area contributed by atoms with Gasteiger partial charge >= 0.3 is 5.97 Å². The molecule has 1 amide bonds. The molecule has 0 radical (unpaired) electrons.